The third-order valence-corrected chi connectivity index (χ3v) is 0.874. The smallest absolute Gasteiger partial charge is 0.308 e. The second kappa shape index (κ2) is 3.52. The molecular weight excluding hydrogens is 181 g/mol. The lowest BCUT2D eigenvalue weighted by molar-refractivity contribution is -0.0855. The summed E-state index contributed by atoms with van der Waals surface area (Å²) in [4.78, 5) is 0. The maximum atomic E-state index is 11.7. The van der Waals surface area contributed by atoms with Crippen molar-refractivity contribution >= 4 is 23.0 Å². The van der Waals surface area contributed by atoms with E-state index >= 15 is 0 Å². The Morgan fingerprint density at radius 3 is 1.91 bits per heavy atom. The molecule has 0 bridgehead atoms. The van der Waals surface area contributed by atoms with Crippen molar-refractivity contribution in [1.29, 1.82) is 10.8 Å². The number of allylic oxidation sites excluding steroid dienone is 2. The van der Waals surface area contributed by atoms with Gasteiger partial charge in [0.05, 0.1) is 5.57 Å². The van der Waals surface area contributed by atoms with Crippen LogP contribution in [0.3, 0.4) is 0 Å². The molecule has 0 rings (SSSR count). The Kier molecular flexibility index (Phi) is 3.25. The second-order valence-electron chi connectivity index (χ2n) is 1.59. The summed E-state index contributed by atoms with van der Waals surface area (Å²) in [6.07, 6.45) is -4.13. The average Bonchev–Trinajstić information content (AvgIpc) is 1.79. The molecule has 2 N–H and O–H groups in total. The summed E-state index contributed by atoms with van der Waals surface area (Å²) in [5.74, 6) is 0. The molecular formula is C5H4ClF3N2. The van der Waals surface area contributed by atoms with Gasteiger partial charge in [-0.15, -0.1) is 0 Å². The van der Waals surface area contributed by atoms with Gasteiger partial charge in [-0.1, -0.05) is 11.6 Å². The Labute approximate surface area is 65.7 Å². The van der Waals surface area contributed by atoms with Gasteiger partial charge in [0.1, 0.15) is 5.17 Å². The minimum Gasteiger partial charge on any atom is -0.308 e. The Bertz CT molecular complexity index is 206. The van der Waals surface area contributed by atoms with E-state index < -0.39 is 16.9 Å². The fourth-order valence-corrected chi connectivity index (χ4v) is 0.459. The first-order valence-corrected chi connectivity index (χ1v) is 2.79. The normalized spacial score (nSPS) is 12.9. The molecule has 0 amide bonds. The van der Waals surface area contributed by atoms with E-state index in [4.69, 9.17) is 22.4 Å². The van der Waals surface area contributed by atoms with Crippen LogP contribution in [0.15, 0.2) is 11.6 Å². The molecule has 2 nitrogen and oxygen atoms in total. The number of hydrogen-bond donors (Lipinski definition) is 2. The molecule has 0 aromatic heterocycles. The Hall–Kier alpha value is -0.840. The molecule has 0 aliphatic heterocycles. The minimum absolute atomic E-state index is 0.108. The fourth-order valence-electron chi connectivity index (χ4n) is 0.342. The number of nitrogens with one attached hydrogen (secondary N) is 2. The summed E-state index contributed by atoms with van der Waals surface area (Å²) in [7, 11) is 0. The zero-order chi connectivity index (χ0) is 9.07. The molecule has 0 spiro atoms. The van der Waals surface area contributed by atoms with E-state index in [-0.39, 0.29) is 6.21 Å². The van der Waals surface area contributed by atoms with Gasteiger partial charge in [-0.25, -0.2) is 0 Å². The molecule has 0 atom stereocenters. The molecule has 0 saturated heterocycles. The number of hydrogen-bond acceptors (Lipinski definition) is 2. The molecule has 0 aliphatic rings. The zero-order valence-corrected chi connectivity index (χ0v) is 5.92. The van der Waals surface area contributed by atoms with Gasteiger partial charge in [0.25, 0.3) is 0 Å². The van der Waals surface area contributed by atoms with Crippen molar-refractivity contribution in [2.75, 3.05) is 0 Å². The molecule has 11 heavy (non-hydrogen) atoms. The van der Waals surface area contributed by atoms with E-state index in [1.807, 2.05) is 0 Å². The molecule has 6 heteroatoms. The standard InChI is InChI=1S/C5H4ClF3N2/c6-4(11)1-3(2-10)5(7,8)9/h1-2,10-11H/b3-1+,10-2?,11-4?. The predicted octanol–water partition coefficient (Wildman–Crippen LogP) is 2.34. The molecule has 62 valence electrons. The van der Waals surface area contributed by atoms with E-state index in [2.05, 4.69) is 0 Å². The average molecular weight is 185 g/mol. The first-order valence-electron chi connectivity index (χ1n) is 2.41. The van der Waals surface area contributed by atoms with Crippen LogP contribution in [0, 0.1) is 10.8 Å². The van der Waals surface area contributed by atoms with E-state index in [0.717, 1.165) is 0 Å². The highest BCUT2D eigenvalue weighted by molar-refractivity contribution is 6.67. The van der Waals surface area contributed by atoms with E-state index in [0.29, 0.717) is 6.08 Å². The third-order valence-electron chi connectivity index (χ3n) is 0.765. The molecule has 0 aliphatic carbocycles. The molecule has 0 radical (unpaired) electrons. The largest absolute Gasteiger partial charge is 0.417 e. The summed E-state index contributed by atoms with van der Waals surface area (Å²) in [6.45, 7) is 0. The van der Waals surface area contributed by atoms with Crippen LogP contribution in [-0.4, -0.2) is 17.6 Å². The summed E-state index contributed by atoms with van der Waals surface area (Å²) < 4.78 is 35.1. The van der Waals surface area contributed by atoms with Gasteiger partial charge in [0, 0.05) is 6.21 Å². The lowest BCUT2D eigenvalue weighted by Crippen LogP contribution is -2.13. The zero-order valence-electron chi connectivity index (χ0n) is 5.17. The van der Waals surface area contributed by atoms with Crippen LogP contribution in [0.2, 0.25) is 0 Å². The van der Waals surface area contributed by atoms with Crippen molar-refractivity contribution in [1.82, 2.24) is 0 Å². The molecule has 0 saturated carbocycles. The van der Waals surface area contributed by atoms with Crippen molar-refractivity contribution in [3.63, 3.8) is 0 Å². The first kappa shape index (κ1) is 10.2. The van der Waals surface area contributed by atoms with Crippen LogP contribution in [0.5, 0.6) is 0 Å². The van der Waals surface area contributed by atoms with Crippen LogP contribution in [0.1, 0.15) is 0 Å². The van der Waals surface area contributed by atoms with Crippen molar-refractivity contribution < 1.29 is 13.2 Å². The summed E-state index contributed by atoms with van der Waals surface area (Å²) >= 11 is 4.86. The Morgan fingerprint density at radius 1 is 1.36 bits per heavy atom. The van der Waals surface area contributed by atoms with Gasteiger partial charge in [0.15, 0.2) is 0 Å². The van der Waals surface area contributed by atoms with E-state index in [1.165, 1.54) is 0 Å². The quantitative estimate of drug-likeness (QED) is 0.619. The number of alkyl halides is 3. The molecule has 0 aromatic carbocycles. The first-order chi connectivity index (χ1) is 4.88. The van der Waals surface area contributed by atoms with Gasteiger partial charge >= 0.3 is 6.18 Å². The van der Waals surface area contributed by atoms with Gasteiger partial charge in [-0.2, -0.15) is 13.2 Å². The lowest BCUT2D eigenvalue weighted by atomic mass is 10.3. The molecule has 0 heterocycles. The van der Waals surface area contributed by atoms with Crippen LogP contribution in [0.25, 0.3) is 0 Å². The summed E-state index contributed by atoms with van der Waals surface area (Å²) in [5, 5.41) is 12.1. The van der Waals surface area contributed by atoms with Crippen molar-refractivity contribution in [2.45, 2.75) is 6.18 Å². The van der Waals surface area contributed by atoms with Crippen LogP contribution >= 0.6 is 11.6 Å². The predicted molar refractivity (Wildman–Crippen MR) is 36.5 cm³/mol. The minimum atomic E-state index is -4.61. The van der Waals surface area contributed by atoms with Crippen molar-refractivity contribution in [3.8, 4) is 0 Å². The summed E-state index contributed by atoms with van der Waals surface area (Å²) in [5.41, 5.74) is -1.24. The van der Waals surface area contributed by atoms with E-state index in [9.17, 15) is 13.2 Å². The number of rotatable bonds is 2. The molecule has 0 aromatic rings. The Balaban J connectivity index is 4.68. The van der Waals surface area contributed by atoms with Gasteiger partial charge in [-0.05, 0) is 6.08 Å². The maximum Gasteiger partial charge on any atom is 0.417 e. The Morgan fingerprint density at radius 2 is 1.82 bits per heavy atom. The highest BCUT2D eigenvalue weighted by Crippen LogP contribution is 2.23. The van der Waals surface area contributed by atoms with Crippen LogP contribution in [0.4, 0.5) is 13.2 Å². The third kappa shape index (κ3) is 3.77. The summed E-state index contributed by atoms with van der Waals surface area (Å²) in [6, 6.07) is 0. The highest BCUT2D eigenvalue weighted by Gasteiger charge is 2.32. The lowest BCUT2D eigenvalue weighted by Gasteiger charge is -2.04. The van der Waals surface area contributed by atoms with Crippen LogP contribution in [-0.2, 0) is 0 Å². The highest BCUT2D eigenvalue weighted by atomic mass is 35.5. The molecule has 0 fully saturated rings. The topological polar surface area (TPSA) is 47.7 Å². The van der Waals surface area contributed by atoms with Crippen molar-refractivity contribution in [2.24, 2.45) is 0 Å². The molecule has 0 unspecified atom stereocenters. The monoisotopic (exact) mass is 184 g/mol. The van der Waals surface area contributed by atoms with E-state index in [1.54, 1.807) is 0 Å². The van der Waals surface area contributed by atoms with Crippen molar-refractivity contribution in [3.05, 3.63) is 11.6 Å². The number of halogens is 4. The van der Waals surface area contributed by atoms with Gasteiger partial charge < -0.3 is 5.41 Å². The maximum absolute atomic E-state index is 11.7. The SMILES string of the molecule is N=C/C(=C\C(=N)Cl)C(F)(F)F. The second-order valence-corrected chi connectivity index (χ2v) is 2.00. The van der Waals surface area contributed by atoms with Gasteiger partial charge in [-0.3, -0.25) is 5.41 Å². The van der Waals surface area contributed by atoms with Gasteiger partial charge in [0.2, 0.25) is 0 Å². The fraction of sp³-hybridized carbons (Fsp3) is 0.200. The van der Waals surface area contributed by atoms with Crippen LogP contribution < -0.4 is 0 Å².